The summed E-state index contributed by atoms with van der Waals surface area (Å²) in [7, 11) is 0. The van der Waals surface area contributed by atoms with Gasteiger partial charge in [-0.25, -0.2) is 0 Å². The second kappa shape index (κ2) is 3.71. The third-order valence-electron chi connectivity index (χ3n) is 3.11. The maximum Gasteiger partial charge on any atom is 0.0712 e. The zero-order chi connectivity index (χ0) is 10.0. The molecule has 2 atom stereocenters. The molecule has 1 aliphatic rings. The smallest absolute Gasteiger partial charge is 0.0712 e. The van der Waals surface area contributed by atoms with E-state index in [1.807, 2.05) is 25.1 Å². The van der Waals surface area contributed by atoms with E-state index in [0.29, 0.717) is 0 Å². The second-order valence-corrected chi connectivity index (χ2v) is 4.27. The van der Waals surface area contributed by atoms with E-state index in [2.05, 4.69) is 17.4 Å². The molecule has 1 saturated heterocycles. The van der Waals surface area contributed by atoms with Crippen molar-refractivity contribution in [1.82, 2.24) is 5.32 Å². The van der Waals surface area contributed by atoms with E-state index in [0.717, 1.165) is 19.5 Å². The standard InChI is InChI=1S/C12H17NO/c1-12(14)7-8-13-9-11(12)10-5-3-2-4-6-10/h2-6,11,13-14H,7-9H2,1H3. The maximum atomic E-state index is 10.2. The SMILES string of the molecule is CC1(O)CCNCC1c1ccccc1. The fraction of sp³-hybridized carbons (Fsp3) is 0.500. The molecule has 2 N–H and O–H groups in total. The number of hydrogen-bond acceptors (Lipinski definition) is 2. The minimum absolute atomic E-state index is 0.220. The van der Waals surface area contributed by atoms with Crippen LogP contribution >= 0.6 is 0 Å². The zero-order valence-corrected chi connectivity index (χ0v) is 8.53. The van der Waals surface area contributed by atoms with E-state index in [-0.39, 0.29) is 5.92 Å². The van der Waals surface area contributed by atoms with Crippen molar-refractivity contribution >= 4 is 0 Å². The predicted octanol–water partition coefficient (Wildman–Crippen LogP) is 1.51. The largest absolute Gasteiger partial charge is 0.389 e. The minimum Gasteiger partial charge on any atom is -0.389 e. The molecule has 76 valence electrons. The Bertz CT molecular complexity index is 294. The van der Waals surface area contributed by atoms with Gasteiger partial charge >= 0.3 is 0 Å². The van der Waals surface area contributed by atoms with E-state index in [1.165, 1.54) is 5.56 Å². The van der Waals surface area contributed by atoms with Crippen LogP contribution in [0.2, 0.25) is 0 Å². The first-order chi connectivity index (χ1) is 6.70. The Kier molecular flexibility index (Phi) is 2.57. The third kappa shape index (κ3) is 1.81. The first kappa shape index (κ1) is 9.69. The summed E-state index contributed by atoms with van der Waals surface area (Å²) in [6, 6.07) is 10.2. The van der Waals surface area contributed by atoms with Crippen LogP contribution in [-0.2, 0) is 0 Å². The molecule has 0 saturated carbocycles. The Morgan fingerprint density at radius 1 is 1.36 bits per heavy atom. The first-order valence-corrected chi connectivity index (χ1v) is 5.18. The molecular formula is C12H17NO. The van der Waals surface area contributed by atoms with Crippen LogP contribution in [0, 0.1) is 0 Å². The monoisotopic (exact) mass is 191 g/mol. The van der Waals surface area contributed by atoms with Crippen molar-refractivity contribution in [2.75, 3.05) is 13.1 Å². The summed E-state index contributed by atoms with van der Waals surface area (Å²) < 4.78 is 0. The van der Waals surface area contributed by atoms with Crippen molar-refractivity contribution < 1.29 is 5.11 Å². The number of rotatable bonds is 1. The van der Waals surface area contributed by atoms with Gasteiger partial charge in [-0.1, -0.05) is 30.3 Å². The summed E-state index contributed by atoms with van der Waals surface area (Å²) in [5, 5.41) is 13.6. The predicted molar refractivity (Wildman–Crippen MR) is 57.3 cm³/mol. The summed E-state index contributed by atoms with van der Waals surface area (Å²) in [4.78, 5) is 0. The lowest BCUT2D eigenvalue weighted by atomic mass is 9.79. The van der Waals surface area contributed by atoms with Crippen LogP contribution < -0.4 is 5.32 Å². The van der Waals surface area contributed by atoms with Crippen LogP contribution in [0.25, 0.3) is 0 Å². The molecule has 1 aromatic carbocycles. The Labute approximate surface area is 85.0 Å². The van der Waals surface area contributed by atoms with E-state index in [1.54, 1.807) is 0 Å². The quantitative estimate of drug-likeness (QED) is 0.705. The van der Waals surface area contributed by atoms with Crippen LogP contribution in [0.3, 0.4) is 0 Å². The molecule has 0 radical (unpaired) electrons. The summed E-state index contributed by atoms with van der Waals surface area (Å²) >= 11 is 0. The van der Waals surface area contributed by atoms with Gasteiger partial charge in [0.15, 0.2) is 0 Å². The van der Waals surface area contributed by atoms with Crippen LogP contribution in [-0.4, -0.2) is 23.8 Å². The van der Waals surface area contributed by atoms with Crippen LogP contribution in [0.1, 0.15) is 24.8 Å². The van der Waals surface area contributed by atoms with Crippen LogP contribution in [0.4, 0.5) is 0 Å². The van der Waals surface area contributed by atoms with Crippen molar-refractivity contribution in [1.29, 1.82) is 0 Å². The van der Waals surface area contributed by atoms with Gasteiger partial charge in [0.2, 0.25) is 0 Å². The fourth-order valence-electron chi connectivity index (χ4n) is 2.14. The number of hydrogen-bond donors (Lipinski definition) is 2. The highest BCUT2D eigenvalue weighted by Crippen LogP contribution is 2.32. The van der Waals surface area contributed by atoms with Crippen LogP contribution in [0.15, 0.2) is 30.3 Å². The summed E-state index contributed by atoms with van der Waals surface area (Å²) in [5.74, 6) is 0.220. The molecule has 0 aromatic heterocycles. The molecular weight excluding hydrogens is 174 g/mol. The van der Waals surface area contributed by atoms with E-state index >= 15 is 0 Å². The molecule has 0 amide bonds. The highest BCUT2D eigenvalue weighted by molar-refractivity contribution is 5.23. The maximum absolute atomic E-state index is 10.2. The van der Waals surface area contributed by atoms with Gasteiger partial charge < -0.3 is 10.4 Å². The Morgan fingerprint density at radius 3 is 2.71 bits per heavy atom. The molecule has 0 spiro atoms. The van der Waals surface area contributed by atoms with Gasteiger partial charge in [-0.3, -0.25) is 0 Å². The molecule has 0 aliphatic carbocycles. The fourth-order valence-corrected chi connectivity index (χ4v) is 2.14. The molecule has 2 rings (SSSR count). The molecule has 0 bridgehead atoms. The summed E-state index contributed by atoms with van der Waals surface area (Å²) in [5.41, 5.74) is 0.664. The van der Waals surface area contributed by atoms with Crippen molar-refractivity contribution in [3.8, 4) is 0 Å². The van der Waals surface area contributed by atoms with Crippen molar-refractivity contribution in [2.24, 2.45) is 0 Å². The lowest BCUT2D eigenvalue weighted by molar-refractivity contribution is 0.00783. The number of aliphatic hydroxyl groups is 1. The van der Waals surface area contributed by atoms with Gasteiger partial charge in [0, 0.05) is 12.5 Å². The molecule has 2 heteroatoms. The van der Waals surface area contributed by atoms with Gasteiger partial charge in [-0.2, -0.15) is 0 Å². The van der Waals surface area contributed by atoms with Crippen molar-refractivity contribution in [3.05, 3.63) is 35.9 Å². The van der Waals surface area contributed by atoms with E-state index in [4.69, 9.17) is 0 Å². The van der Waals surface area contributed by atoms with Gasteiger partial charge in [0.05, 0.1) is 5.60 Å². The highest BCUT2D eigenvalue weighted by Gasteiger charge is 2.35. The normalized spacial score (nSPS) is 32.9. The molecule has 1 fully saturated rings. The number of benzene rings is 1. The highest BCUT2D eigenvalue weighted by atomic mass is 16.3. The topological polar surface area (TPSA) is 32.3 Å². The average Bonchev–Trinajstić information content (AvgIpc) is 2.18. The van der Waals surface area contributed by atoms with E-state index < -0.39 is 5.60 Å². The Hall–Kier alpha value is -0.860. The van der Waals surface area contributed by atoms with E-state index in [9.17, 15) is 5.11 Å². The molecule has 1 heterocycles. The third-order valence-corrected chi connectivity index (χ3v) is 3.11. The number of nitrogens with one attached hydrogen (secondary N) is 1. The Morgan fingerprint density at radius 2 is 2.07 bits per heavy atom. The summed E-state index contributed by atoms with van der Waals surface area (Å²) in [6.07, 6.45) is 0.826. The lowest BCUT2D eigenvalue weighted by Crippen LogP contribution is -2.46. The molecule has 14 heavy (non-hydrogen) atoms. The van der Waals surface area contributed by atoms with Crippen molar-refractivity contribution in [2.45, 2.75) is 24.9 Å². The average molecular weight is 191 g/mol. The van der Waals surface area contributed by atoms with Gasteiger partial charge in [0.1, 0.15) is 0 Å². The molecule has 2 unspecified atom stereocenters. The second-order valence-electron chi connectivity index (χ2n) is 4.27. The van der Waals surface area contributed by atoms with Gasteiger partial charge in [-0.15, -0.1) is 0 Å². The Balaban J connectivity index is 2.24. The summed E-state index contributed by atoms with van der Waals surface area (Å²) in [6.45, 7) is 3.72. The first-order valence-electron chi connectivity index (χ1n) is 5.18. The molecule has 2 nitrogen and oxygen atoms in total. The zero-order valence-electron chi connectivity index (χ0n) is 8.53. The van der Waals surface area contributed by atoms with Gasteiger partial charge in [-0.05, 0) is 25.5 Å². The number of piperidine rings is 1. The minimum atomic E-state index is -0.563. The lowest BCUT2D eigenvalue weighted by Gasteiger charge is -2.37. The van der Waals surface area contributed by atoms with Crippen LogP contribution in [0.5, 0.6) is 0 Å². The molecule has 1 aromatic rings. The van der Waals surface area contributed by atoms with Gasteiger partial charge in [0.25, 0.3) is 0 Å². The molecule has 1 aliphatic heterocycles. The van der Waals surface area contributed by atoms with Crippen molar-refractivity contribution in [3.63, 3.8) is 0 Å².